The maximum absolute atomic E-state index is 5.68. The van der Waals surface area contributed by atoms with E-state index in [-0.39, 0.29) is 12.2 Å². The van der Waals surface area contributed by atoms with Gasteiger partial charge in [-0.05, 0) is 33.3 Å². The Morgan fingerprint density at radius 2 is 1.54 bits per heavy atom. The first-order chi connectivity index (χ1) is 6.09. The molecular formula is C12H18O. The Labute approximate surface area is 80.7 Å². The molecule has 1 aromatic carbocycles. The molecule has 0 spiro atoms. The van der Waals surface area contributed by atoms with Gasteiger partial charge in [-0.2, -0.15) is 0 Å². The van der Waals surface area contributed by atoms with Crippen LogP contribution in [0.5, 0.6) is 0 Å². The van der Waals surface area contributed by atoms with Crippen molar-refractivity contribution in [3.8, 4) is 0 Å². The van der Waals surface area contributed by atoms with Crippen LogP contribution in [0.4, 0.5) is 0 Å². The number of hydrogen-bond acceptors (Lipinski definition) is 1. The topological polar surface area (TPSA) is 9.23 Å². The van der Waals surface area contributed by atoms with E-state index in [4.69, 9.17) is 4.74 Å². The number of benzene rings is 1. The summed E-state index contributed by atoms with van der Waals surface area (Å²) in [5.41, 5.74) is 2.54. The van der Waals surface area contributed by atoms with Crippen LogP contribution in [0.15, 0.2) is 24.3 Å². The highest BCUT2D eigenvalue weighted by atomic mass is 16.5. The molecule has 0 bridgehead atoms. The van der Waals surface area contributed by atoms with E-state index < -0.39 is 0 Å². The molecule has 0 fully saturated rings. The zero-order valence-electron chi connectivity index (χ0n) is 8.87. The summed E-state index contributed by atoms with van der Waals surface area (Å²) in [5.74, 6) is 0. The number of rotatable bonds is 3. The van der Waals surface area contributed by atoms with E-state index in [0.29, 0.717) is 0 Å². The van der Waals surface area contributed by atoms with Crippen molar-refractivity contribution < 1.29 is 4.74 Å². The number of ether oxygens (including phenoxy) is 1. The van der Waals surface area contributed by atoms with Crippen LogP contribution in [0.1, 0.15) is 38.0 Å². The SMILES string of the molecule is Cc1ccc(C(C)OC(C)C)cc1. The molecule has 0 aliphatic rings. The van der Waals surface area contributed by atoms with Gasteiger partial charge < -0.3 is 4.74 Å². The van der Waals surface area contributed by atoms with E-state index >= 15 is 0 Å². The van der Waals surface area contributed by atoms with Gasteiger partial charge in [0, 0.05) is 0 Å². The molecule has 0 radical (unpaired) electrons. The molecule has 1 heteroatoms. The van der Waals surface area contributed by atoms with Gasteiger partial charge >= 0.3 is 0 Å². The molecule has 1 atom stereocenters. The number of aryl methyl sites for hydroxylation is 1. The maximum Gasteiger partial charge on any atom is 0.0800 e. The first-order valence-corrected chi connectivity index (χ1v) is 4.81. The summed E-state index contributed by atoms with van der Waals surface area (Å²) in [6.07, 6.45) is 0.483. The van der Waals surface area contributed by atoms with Gasteiger partial charge in [-0.1, -0.05) is 29.8 Å². The Balaban J connectivity index is 2.66. The number of hydrogen-bond donors (Lipinski definition) is 0. The molecule has 0 amide bonds. The van der Waals surface area contributed by atoms with E-state index in [9.17, 15) is 0 Å². The summed E-state index contributed by atoms with van der Waals surface area (Å²) in [6, 6.07) is 8.50. The zero-order chi connectivity index (χ0) is 9.84. The quantitative estimate of drug-likeness (QED) is 0.688. The minimum atomic E-state index is 0.195. The van der Waals surface area contributed by atoms with Crippen molar-refractivity contribution in [1.29, 1.82) is 0 Å². The Morgan fingerprint density at radius 1 is 1.00 bits per heavy atom. The van der Waals surface area contributed by atoms with Crippen molar-refractivity contribution in [2.75, 3.05) is 0 Å². The predicted molar refractivity (Wildman–Crippen MR) is 55.8 cm³/mol. The molecule has 0 aromatic heterocycles. The summed E-state index contributed by atoms with van der Waals surface area (Å²) in [5, 5.41) is 0. The third-order valence-corrected chi connectivity index (χ3v) is 2.02. The molecule has 0 aliphatic carbocycles. The fourth-order valence-electron chi connectivity index (χ4n) is 1.32. The summed E-state index contributed by atoms with van der Waals surface area (Å²) >= 11 is 0. The van der Waals surface area contributed by atoms with Gasteiger partial charge in [0.1, 0.15) is 0 Å². The highest BCUT2D eigenvalue weighted by molar-refractivity contribution is 5.22. The van der Waals surface area contributed by atoms with Crippen LogP contribution >= 0.6 is 0 Å². The third kappa shape index (κ3) is 3.19. The van der Waals surface area contributed by atoms with Gasteiger partial charge in [-0.3, -0.25) is 0 Å². The fourth-order valence-corrected chi connectivity index (χ4v) is 1.32. The molecule has 1 rings (SSSR count). The average Bonchev–Trinajstić information content (AvgIpc) is 2.04. The monoisotopic (exact) mass is 178 g/mol. The summed E-state index contributed by atoms with van der Waals surface area (Å²) in [6.45, 7) is 8.30. The second-order valence-corrected chi connectivity index (χ2v) is 3.74. The van der Waals surface area contributed by atoms with Gasteiger partial charge in [0.25, 0.3) is 0 Å². The molecule has 1 nitrogen and oxygen atoms in total. The van der Waals surface area contributed by atoms with Crippen LogP contribution in [0, 0.1) is 6.92 Å². The molecule has 0 aliphatic heterocycles. The maximum atomic E-state index is 5.68. The van der Waals surface area contributed by atoms with Crippen LogP contribution < -0.4 is 0 Å². The lowest BCUT2D eigenvalue weighted by Gasteiger charge is -2.16. The van der Waals surface area contributed by atoms with Gasteiger partial charge in [-0.25, -0.2) is 0 Å². The summed E-state index contributed by atoms with van der Waals surface area (Å²) < 4.78 is 5.68. The Morgan fingerprint density at radius 3 is 2.00 bits per heavy atom. The Hall–Kier alpha value is -0.820. The van der Waals surface area contributed by atoms with Crippen molar-refractivity contribution in [3.05, 3.63) is 35.4 Å². The van der Waals surface area contributed by atoms with E-state index in [2.05, 4.69) is 52.0 Å². The lowest BCUT2D eigenvalue weighted by Crippen LogP contribution is -2.07. The minimum Gasteiger partial charge on any atom is -0.371 e. The van der Waals surface area contributed by atoms with Crippen molar-refractivity contribution >= 4 is 0 Å². The minimum absolute atomic E-state index is 0.195. The van der Waals surface area contributed by atoms with Crippen molar-refractivity contribution in [2.24, 2.45) is 0 Å². The van der Waals surface area contributed by atoms with Crippen molar-refractivity contribution in [1.82, 2.24) is 0 Å². The molecule has 13 heavy (non-hydrogen) atoms. The molecule has 1 aromatic rings. The normalized spacial score (nSPS) is 13.3. The second kappa shape index (κ2) is 4.43. The van der Waals surface area contributed by atoms with Gasteiger partial charge in [0.15, 0.2) is 0 Å². The molecule has 72 valence electrons. The Kier molecular flexibility index (Phi) is 3.49. The van der Waals surface area contributed by atoms with Gasteiger partial charge in [-0.15, -0.1) is 0 Å². The highest BCUT2D eigenvalue weighted by Gasteiger charge is 2.06. The van der Waals surface area contributed by atoms with E-state index in [0.717, 1.165) is 0 Å². The van der Waals surface area contributed by atoms with Gasteiger partial charge in [0.2, 0.25) is 0 Å². The van der Waals surface area contributed by atoms with Crippen LogP contribution in [0.2, 0.25) is 0 Å². The predicted octanol–water partition coefficient (Wildman–Crippen LogP) is 3.48. The van der Waals surface area contributed by atoms with Crippen molar-refractivity contribution in [2.45, 2.75) is 39.9 Å². The van der Waals surface area contributed by atoms with Gasteiger partial charge in [0.05, 0.1) is 12.2 Å². The van der Waals surface area contributed by atoms with E-state index in [1.54, 1.807) is 0 Å². The molecule has 0 saturated heterocycles. The largest absolute Gasteiger partial charge is 0.371 e. The molecule has 0 heterocycles. The highest BCUT2D eigenvalue weighted by Crippen LogP contribution is 2.18. The lowest BCUT2D eigenvalue weighted by atomic mass is 10.1. The summed E-state index contributed by atoms with van der Waals surface area (Å²) in [4.78, 5) is 0. The van der Waals surface area contributed by atoms with Crippen LogP contribution in [0.3, 0.4) is 0 Å². The van der Waals surface area contributed by atoms with E-state index in [1.165, 1.54) is 11.1 Å². The molecule has 0 saturated carbocycles. The smallest absolute Gasteiger partial charge is 0.0800 e. The van der Waals surface area contributed by atoms with Crippen LogP contribution in [-0.2, 0) is 4.74 Å². The zero-order valence-corrected chi connectivity index (χ0v) is 8.87. The first-order valence-electron chi connectivity index (χ1n) is 4.81. The molecule has 1 unspecified atom stereocenters. The fraction of sp³-hybridized carbons (Fsp3) is 0.500. The van der Waals surface area contributed by atoms with E-state index in [1.807, 2.05) is 0 Å². The standard InChI is InChI=1S/C12H18O/c1-9(2)13-11(4)12-7-5-10(3)6-8-12/h5-9,11H,1-4H3. The van der Waals surface area contributed by atoms with Crippen molar-refractivity contribution in [3.63, 3.8) is 0 Å². The van der Waals surface area contributed by atoms with Crippen LogP contribution in [0.25, 0.3) is 0 Å². The molecule has 0 N–H and O–H groups in total. The average molecular weight is 178 g/mol. The lowest BCUT2D eigenvalue weighted by molar-refractivity contribution is 0.0178. The molecular weight excluding hydrogens is 160 g/mol. The third-order valence-electron chi connectivity index (χ3n) is 2.02. The summed E-state index contributed by atoms with van der Waals surface area (Å²) in [7, 11) is 0. The second-order valence-electron chi connectivity index (χ2n) is 3.74. The Bertz CT molecular complexity index is 248. The first kappa shape index (κ1) is 10.3. The van der Waals surface area contributed by atoms with Crippen LogP contribution in [-0.4, -0.2) is 6.10 Å².